The molecule has 11 heavy (non-hydrogen) atoms. The first kappa shape index (κ1) is 9.57. The molecule has 0 aliphatic carbocycles. The maximum absolute atomic E-state index is 10.3. The lowest BCUT2D eigenvalue weighted by Crippen LogP contribution is -2.69. The van der Waals surface area contributed by atoms with Gasteiger partial charge in [-0.25, -0.2) is 0 Å². The molecule has 1 atom stereocenters. The molecule has 0 aliphatic rings. The molecule has 0 aromatic carbocycles. The topological polar surface area (TPSA) is 125 Å². The average Bonchev–Trinajstić information content (AvgIpc) is 1.87. The summed E-state index contributed by atoms with van der Waals surface area (Å²) in [6.07, 6.45) is -0.690. The zero-order valence-corrected chi connectivity index (χ0v) is 5.53. The van der Waals surface area contributed by atoms with Crippen molar-refractivity contribution in [2.45, 2.75) is 12.5 Å². The lowest BCUT2D eigenvalue weighted by molar-refractivity contribution is -0.436. The Kier molecular flexibility index (Phi) is 3.19. The van der Waals surface area contributed by atoms with Gasteiger partial charge in [-0.1, -0.05) is 0 Å². The van der Waals surface area contributed by atoms with Gasteiger partial charge in [0, 0.05) is 0 Å². The average molecular weight is 160 g/mol. The first-order valence-electron chi connectivity index (χ1n) is 2.73. The molecule has 0 rings (SSSR count). The largest absolute Gasteiger partial charge is 0.544 e. The smallest absolute Gasteiger partial charge is 0.184 e. The highest BCUT2D eigenvalue weighted by atomic mass is 16.4. The van der Waals surface area contributed by atoms with E-state index in [1.54, 1.807) is 0 Å². The Morgan fingerprint density at radius 1 is 1.27 bits per heavy atom. The van der Waals surface area contributed by atoms with E-state index in [1.807, 2.05) is 0 Å². The summed E-state index contributed by atoms with van der Waals surface area (Å²) < 4.78 is 0. The molecule has 0 saturated carbocycles. The lowest BCUT2D eigenvalue weighted by Gasteiger charge is -2.07. The Labute approximate surface area is 61.6 Å². The number of Topliss-reactive ketones (excluding diaryl/α,β-unsaturated/α-hetero) is 1. The number of carbonyl (C=O) groups is 3. The van der Waals surface area contributed by atoms with Crippen LogP contribution >= 0.6 is 0 Å². The number of hydrogen-bond donors (Lipinski definition) is 1. The van der Waals surface area contributed by atoms with Crippen molar-refractivity contribution in [1.82, 2.24) is 0 Å². The second-order valence-electron chi connectivity index (χ2n) is 1.93. The van der Waals surface area contributed by atoms with Crippen molar-refractivity contribution in [3.05, 3.63) is 0 Å². The van der Waals surface area contributed by atoms with Gasteiger partial charge in [0.05, 0.1) is 12.4 Å². The van der Waals surface area contributed by atoms with E-state index in [9.17, 15) is 24.6 Å². The van der Waals surface area contributed by atoms with Gasteiger partial charge in [-0.3, -0.25) is 4.79 Å². The number of carbonyl (C=O) groups excluding carboxylic acids is 3. The third kappa shape index (κ3) is 3.31. The molecule has 0 saturated heterocycles. The number of carboxylic acid groups (broad SMARTS) is 2. The molecule has 0 amide bonds. The van der Waals surface area contributed by atoms with Gasteiger partial charge in [0.25, 0.3) is 0 Å². The summed E-state index contributed by atoms with van der Waals surface area (Å²) in [6.45, 7) is 0. The zero-order valence-electron chi connectivity index (χ0n) is 5.53. The standard InChI is InChI=1S/C5H7NO5/c6-2(4(8)9)1-3(7)5(10)11/h2H,1,6H2,(H,8,9)(H,10,11)/p-1. The second kappa shape index (κ2) is 3.67. The second-order valence-corrected chi connectivity index (χ2v) is 1.93. The Bertz CT molecular complexity index is 199. The summed E-state index contributed by atoms with van der Waals surface area (Å²) >= 11 is 0. The minimum absolute atomic E-state index is 0.690. The van der Waals surface area contributed by atoms with Crippen LogP contribution in [0, 0.1) is 0 Å². The summed E-state index contributed by atoms with van der Waals surface area (Å²) in [4.78, 5) is 29.9. The van der Waals surface area contributed by atoms with E-state index in [0.717, 1.165) is 0 Å². The molecular formula is C5H6NO5-. The third-order valence-electron chi connectivity index (χ3n) is 0.993. The summed E-state index contributed by atoms with van der Waals surface area (Å²) in [5, 5.41) is 19.7. The molecule has 0 aromatic rings. The van der Waals surface area contributed by atoms with Crippen LogP contribution in [0.5, 0.6) is 0 Å². The Balaban J connectivity index is 3.95. The first-order valence-corrected chi connectivity index (χ1v) is 2.73. The van der Waals surface area contributed by atoms with Crippen LogP contribution in [0.1, 0.15) is 6.42 Å². The molecule has 62 valence electrons. The number of quaternary nitrogens is 1. The molecule has 0 spiro atoms. The Morgan fingerprint density at radius 2 is 1.73 bits per heavy atom. The SMILES string of the molecule is [NH3+]C(CC(=O)C(=O)[O-])C(=O)[O-]. The van der Waals surface area contributed by atoms with Crippen molar-refractivity contribution in [2.24, 2.45) is 0 Å². The van der Waals surface area contributed by atoms with E-state index in [-0.39, 0.29) is 0 Å². The summed E-state index contributed by atoms with van der Waals surface area (Å²) in [6, 6.07) is -1.33. The van der Waals surface area contributed by atoms with Gasteiger partial charge < -0.3 is 25.5 Å². The van der Waals surface area contributed by atoms with Crippen LogP contribution in [0.2, 0.25) is 0 Å². The minimum Gasteiger partial charge on any atom is -0.544 e. The number of carboxylic acids is 2. The molecule has 6 nitrogen and oxygen atoms in total. The van der Waals surface area contributed by atoms with Crippen molar-refractivity contribution in [1.29, 1.82) is 0 Å². The van der Waals surface area contributed by atoms with Gasteiger partial charge >= 0.3 is 0 Å². The molecule has 3 N–H and O–H groups in total. The van der Waals surface area contributed by atoms with Gasteiger partial charge in [0.2, 0.25) is 0 Å². The normalized spacial score (nSPS) is 12.1. The van der Waals surface area contributed by atoms with Gasteiger partial charge in [-0.15, -0.1) is 0 Å². The van der Waals surface area contributed by atoms with Crippen LogP contribution in [0.15, 0.2) is 0 Å². The summed E-state index contributed by atoms with van der Waals surface area (Å²) in [7, 11) is 0. The van der Waals surface area contributed by atoms with Crippen LogP contribution in [0.3, 0.4) is 0 Å². The predicted molar refractivity (Wildman–Crippen MR) is 26.3 cm³/mol. The number of hydrogen-bond acceptors (Lipinski definition) is 5. The highest BCUT2D eigenvalue weighted by Crippen LogP contribution is 1.85. The summed E-state index contributed by atoms with van der Waals surface area (Å²) in [5.41, 5.74) is 2.99. The quantitative estimate of drug-likeness (QED) is 0.412. The molecule has 0 radical (unpaired) electrons. The fourth-order valence-electron chi connectivity index (χ4n) is 0.390. The van der Waals surface area contributed by atoms with E-state index < -0.39 is 30.2 Å². The number of rotatable bonds is 4. The third-order valence-corrected chi connectivity index (χ3v) is 0.993. The monoisotopic (exact) mass is 160 g/mol. The van der Waals surface area contributed by atoms with E-state index >= 15 is 0 Å². The van der Waals surface area contributed by atoms with E-state index in [2.05, 4.69) is 5.73 Å². The van der Waals surface area contributed by atoms with Gasteiger partial charge in [0.15, 0.2) is 5.78 Å². The maximum atomic E-state index is 10.3. The molecule has 1 unspecified atom stereocenters. The minimum atomic E-state index is -1.90. The Morgan fingerprint density at radius 3 is 2.00 bits per heavy atom. The van der Waals surface area contributed by atoms with Crippen molar-refractivity contribution < 1.29 is 30.3 Å². The van der Waals surface area contributed by atoms with Crippen LogP contribution in [-0.2, 0) is 14.4 Å². The van der Waals surface area contributed by atoms with E-state index in [1.165, 1.54) is 0 Å². The molecule has 6 heteroatoms. The fourth-order valence-corrected chi connectivity index (χ4v) is 0.390. The molecule has 0 aliphatic heterocycles. The van der Waals surface area contributed by atoms with E-state index in [4.69, 9.17) is 0 Å². The Hall–Kier alpha value is -1.43. The van der Waals surface area contributed by atoms with Crippen LogP contribution in [0.4, 0.5) is 0 Å². The summed E-state index contributed by atoms with van der Waals surface area (Å²) in [5.74, 6) is -4.74. The molecule has 0 bridgehead atoms. The van der Waals surface area contributed by atoms with Crippen molar-refractivity contribution in [3.8, 4) is 0 Å². The van der Waals surface area contributed by atoms with Crippen LogP contribution in [-0.4, -0.2) is 23.8 Å². The first-order chi connectivity index (χ1) is 4.95. The highest BCUT2D eigenvalue weighted by Gasteiger charge is 2.13. The van der Waals surface area contributed by atoms with Crippen molar-refractivity contribution in [2.75, 3.05) is 0 Å². The van der Waals surface area contributed by atoms with Gasteiger partial charge in [0.1, 0.15) is 12.0 Å². The number of ketones is 1. The molecule has 0 aromatic heterocycles. The molecular weight excluding hydrogens is 154 g/mol. The van der Waals surface area contributed by atoms with Gasteiger partial charge in [-0.05, 0) is 0 Å². The lowest BCUT2D eigenvalue weighted by atomic mass is 10.1. The van der Waals surface area contributed by atoms with E-state index in [0.29, 0.717) is 0 Å². The predicted octanol–water partition coefficient (Wildman–Crippen LogP) is -4.94. The molecule has 0 heterocycles. The van der Waals surface area contributed by atoms with Crippen molar-refractivity contribution in [3.63, 3.8) is 0 Å². The number of aliphatic carboxylic acids is 2. The zero-order chi connectivity index (χ0) is 9.02. The fraction of sp³-hybridized carbons (Fsp3) is 0.400. The maximum Gasteiger partial charge on any atom is 0.184 e. The van der Waals surface area contributed by atoms with Gasteiger partial charge in [-0.2, -0.15) is 0 Å². The van der Waals surface area contributed by atoms with Crippen molar-refractivity contribution >= 4 is 17.7 Å². The highest BCUT2D eigenvalue weighted by molar-refractivity contribution is 6.32. The van der Waals surface area contributed by atoms with Crippen LogP contribution in [0.25, 0.3) is 0 Å². The van der Waals surface area contributed by atoms with Crippen LogP contribution < -0.4 is 15.9 Å². The molecule has 0 fully saturated rings.